The predicted molar refractivity (Wildman–Crippen MR) is 103 cm³/mol. The Bertz CT molecular complexity index is 235. The summed E-state index contributed by atoms with van der Waals surface area (Å²) in [5.41, 5.74) is 0. The zero-order valence-corrected chi connectivity index (χ0v) is 16.9. The molecule has 1 aliphatic carbocycles. The number of halogens is 1. The Morgan fingerprint density at radius 1 is 1.05 bits per heavy atom. The fourth-order valence-electron chi connectivity index (χ4n) is 3.54. The SMILES string of the molecule is CCCCCCCCCC1(Br)CCCCC1CCO.CNC. The van der Waals surface area contributed by atoms with E-state index < -0.39 is 0 Å². The van der Waals surface area contributed by atoms with E-state index in [0.717, 1.165) is 6.42 Å². The molecule has 1 rings (SSSR count). The molecule has 2 nitrogen and oxygen atoms in total. The first-order valence-corrected chi connectivity index (χ1v) is 10.3. The average molecular weight is 378 g/mol. The summed E-state index contributed by atoms with van der Waals surface area (Å²) in [6.07, 6.45) is 17.4. The van der Waals surface area contributed by atoms with E-state index in [9.17, 15) is 5.11 Å². The lowest BCUT2D eigenvalue weighted by atomic mass is 9.75. The first-order chi connectivity index (χ1) is 10.6. The molecule has 22 heavy (non-hydrogen) atoms. The molecule has 0 spiro atoms. The van der Waals surface area contributed by atoms with Crippen LogP contribution < -0.4 is 5.32 Å². The zero-order chi connectivity index (χ0) is 16.7. The molecular weight excluding hydrogens is 338 g/mol. The van der Waals surface area contributed by atoms with Crippen molar-refractivity contribution in [2.45, 2.75) is 94.7 Å². The van der Waals surface area contributed by atoms with E-state index in [0.29, 0.717) is 16.8 Å². The van der Waals surface area contributed by atoms with E-state index in [1.165, 1.54) is 77.0 Å². The monoisotopic (exact) mass is 377 g/mol. The first-order valence-electron chi connectivity index (χ1n) is 9.52. The number of hydrogen-bond acceptors (Lipinski definition) is 2. The van der Waals surface area contributed by atoms with E-state index in [1.54, 1.807) is 0 Å². The Kier molecular flexibility index (Phi) is 15.2. The molecule has 0 aromatic heterocycles. The van der Waals surface area contributed by atoms with Crippen LogP contribution >= 0.6 is 15.9 Å². The van der Waals surface area contributed by atoms with E-state index >= 15 is 0 Å². The quantitative estimate of drug-likeness (QED) is 0.379. The fourth-order valence-corrected chi connectivity index (χ4v) is 4.55. The van der Waals surface area contributed by atoms with Gasteiger partial charge in [-0.15, -0.1) is 0 Å². The van der Waals surface area contributed by atoms with Crippen LogP contribution in [-0.2, 0) is 0 Å². The van der Waals surface area contributed by atoms with E-state index in [4.69, 9.17) is 0 Å². The summed E-state index contributed by atoms with van der Waals surface area (Å²) in [6, 6.07) is 0. The van der Waals surface area contributed by atoms with Gasteiger partial charge in [-0.1, -0.05) is 80.6 Å². The summed E-state index contributed by atoms with van der Waals surface area (Å²) in [5, 5.41) is 12.0. The molecule has 1 fully saturated rings. The Hall–Kier alpha value is 0.400. The highest BCUT2D eigenvalue weighted by Crippen LogP contribution is 2.45. The first kappa shape index (κ1) is 22.4. The third kappa shape index (κ3) is 10.2. The molecule has 0 amide bonds. The maximum absolute atomic E-state index is 9.22. The molecule has 1 saturated carbocycles. The smallest absolute Gasteiger partial charge is 0.0434 e. The second-order valence-electron chi connectivity index (χ2n) is 6.86. The lowest BCUT2D eigenvalue weighted by Gasteiger charge is -2.40. The average Bonchev–Trinajstić information content (AvgIpc) is 2.50. The van der Waals surface area contributed by atoms with Crippen LogP contribution in [-0.4, -0.2) is 30.1 Å². The third-order valence-electron chi connectivity index (χ3n) is 4.80. The second-order valence-corrected chi connectivity index (χ2v) is 8.44. The van der Waals surface area contributed by atoms with Gasteiger partial charge in [0.15, 0.2) is 0 Å². The molecule has 0 radical (unpaired) electrons. The van der Waals surface area contributed by atoms with Crippen LogP contribution in [0.3, 0.4) is 0 Å². The van der Waals surface area contributed by atoms with Crippen LogP contribution in [0.25, 0.3) is 0 Å². The topological polar surface area (TPSA) is 32.3 Å². The summed E-state index contributed by atoms with van der Waals surface area (Å²) in [5.74, 6) is 0.700. The molecule has 2 atom stereocenters. The van der Waals surface area contributed by atoms with Gasteiger partial charge in [0.05, 0.1) is 0 Å². The summed E-state index contributed by atoms with van der Waals surface area (Å²) in [7, 11) is 3.75. The third-order valence-corrected chi connectivity index (χ3v) is 6.24. The Balaban J connectivity index is 0.00000135. The Labute approximate surface area is 148 Å². The van der Waals surface area contributed by atoms with Crippen molar-refractivity contribution in [1.29, 1.82) is 0 Å². The summed E-state index contributed by atoms with van der Waals surface area (Å²) < 4.78 is 0.345. The standard InChI is InChI=1S/C17H33BrO.C2H7N/c1-2-3-4-5-6-7-9-13-17(18)14-10-8-11-16(17)12-15-19;1-3-2/h16,19H,2-15H2,1H3;3H,1-2H3. The molecule has 2 unspecified atom stereocenters. The largest absolute Gasteiger partial charge is 0.396 e. The van der Waals surface area contributed by atoms with Crippen molar-refractivity contribution in [1.82, 2.24) is 5.32 Å². The van der Waals surface area contributed by atoms with Crippen molar-refractivity contribution in [3.05, 3.63) is 0 Å². The Morgan fingerprint density at radius 3 is 2.23 bits per heavy atom. The maximum atomic E-state index is 9.22. The summed E-state index contributed by atoms with van der Waals surface area (Å²) >= 11 is 4.05. The van der Waals surface area contributed by atoms with Crippen LogP contribution in [0.15, 0.2) is 0 Å². The number of aliphatic hydroxyl groups excluding tert-OH is 1. The van der Waals surface area contributed by atoms with Crippen molar-refractivity contribution < 1.29 is 5.11 Å². The van der Waals surface area contributed by atoms with Gasteiger partial charge in [-0.2, -0.15) is 0 Å². The van der Waals surface area contributed by atoms with Gasteiger partial charge < -0.3 is 10.4 Å². The van der Waals surface area contributed by atoms with Gasteiger partial charge in [0, 0.05) is 10.9 Å². The van der Waals surface area contributed by atoms with Crippen LogP contribution in [0.2, 0.25) is 0 Å². The van der Waals surface area contributed by atoms with Crippen LogP contribution in [0.1, 0.15) is 90.4 Å². The predicted octanol–water partition coefficient (Wildman–Crippen LogP) is 5.67. The lowest BCUT2D eigenvalue weighted by molar-refractivity contribution is 0.191. The highest BCUT2D eigenvalue weighted by Gasteiger charge is 2.37. The van der Waals surface area contributed by atoms with E-state index in [1.807, 2.05) is 14.1 Å². The van der Waals surface area contributed by atoms with Gasteiger partial charge in [-0.3, -0.25) is 0 Å². The van der Waals surface area contributed by atoms with E-state index in [2.05, 4.69) is 28.2 Å². The normalized spacial score (nSPS) is 24.7. The molecule has 0 bridgehead atoms. The number of alkyl halides is 1. The van der Waals surface area contributed by atoms with Gasteiger partial charge in [0.1, 0.15) is 0 Å². The highest BCUT2D eigenvalue weighted by atomic mass is 79.9. The van der Waals surface area contributed by atoms with Crippen molar-refractivity contribution in [2.75, 3.05) is 20.7 Å². The minimum Gasteiger partial charge on any atom is -0.396 e. The molecule has 1 aliphatic rings. The molecule has 0 heterocycles. The van der Waals surface area contributed by atoms with Crippen molar-refractivity contribution in [3.8, 4) is 0 Å². The van der Waals surface area contributed by atoms with Crippen molar-refractivity contribution in [3.63, 3.8) is 0 Å². The molecule has 0 aromatic carbocycles. The molecule has 134 valence electrons. The van der Waals surface area contributed by atoms with Gasteiger partial charge in [0.2, 0.25) is 0 Å². The summed E-state index contributed by atoms with van der Waals surface area (Å²) in [4.78, 5) is 0. The fraction of sp³-hybridized carbons (Fsp3) is 1.00. The van der Waals surface area contributed by atoms with Crippen LogP contribution in [0.5, 0.6) is 0 Å². The van der Waals surface area contributed by atoms with Crippen molar-refractivity contribution in [2.24, 2.45) is 5.92 Å². The second kappa shape index (κ2) is 15.0. The van der Waals surface area contributed by atoms with Crippen LogP contribution in [0.4, 0.5) is 0 Å². The highest BCUT2D eigenvalue weighted by molar-refractivity contribution is 9.10. The summed E-state index contributed by atoms with van der Waals surface area (Å²) in [6.45, 7) is 2.63. The van der Waals surface area contributed by atoms with Gasteiger partial charge in [-0.25, -0.2) is 0 Å². The van der Waals surface area contributed by atoms with Gasteiger partial charge in [-0.05, 0) is 45.7 Å². The molecule has 0 aromatic rings. The molecular formula is C19H40BrNO. The van der Waals surface area contributed by atoms with Crippen LogP contribution in [0, 0.1) is 5.92 Å². The number of aliphatic hydroxyl groups is 1. The number of hydrogen-bond donors (Lipinski definition) is 2. The number of rotatable bonds is 10. The van der Waals surface area contributed by atoms with Gasteiger partial charge >= 0.3 is 0 Å². The van der Waals surface area contributed by atoms with Gasteiger partial charge in [0.25, 0.3) is 0 Å². The molecule has 0 aliphatic heterocycles. The number of unbranched alkanes of at least 4 members (excludes halogenated alkanes) is 6. The Morgan fingerprint density at radius 2 is 1.64 bits per heavy atom. The minimum atomic E-state index is 0.345. The lowest BCUT2D eigenvalue weighted by Crippen LogP contribution is -2.35. The maximum Gasteiger partial charge on any atom is 0.0434 e. The van der Waals surface area contributed by atoms with Crippen molar-refractivity contribution >= 4 is 15.9 Å². The molecule has 0 saturated heterocycles. The number of nitrogens with one attached hydrogen (secondary N) is 1. The van der Waals surface area contributed by atoms with E-state index in [-0.39, 0.29) is 0 Å². The molecule has 2 N–H and O–H groups in total. The molecule has 3 heteroatoms. The zero-order valence-electron chi connectivity index (χ0n) is 15.3. The minimum absolute atomic E-state index is 0.345.